The molecule has 3 aromatic rings. The van der Waals surface area contributed by atoms with Gasteiger partial charge in [0.1, 0.15) is 0 Å². The summed E-state index contributed by atoms with van der Waals surface area (Å²) in [5.41, 5.74) is 1.97. The maximum Gasteiger partial charge on any atom is 0.226 e. The smallest absolute Gasteiger partial charge is 0.226 e. The van der Waals surface area contributed by atoms with E-state index in [1.165, 1.54) is 0 Å². The Hall–Kier alpha value is -3.04. The van der Waals surface area contributed by atoms with Crippen LogP contribution < -0.4 is 10.6 Å². The fraction of sp³-hybridized carbons (Fsp3) is 0.385. The fourth-order valence-electron chi connectivity index (χ4n) is 4.58. The molecule has 8 heteroatoms. The van der Waals surface area contributed by atoms with Gasteiger partial charge in [-0.3, -0.25) is 14.5 Å². The Morgan fingerprint density at radius 2 is 1.88 bits per heavy atom. The van der Waals surface area contributed by atoms with Crippen LogP contribution in [0.15, 0.2) is 42.5 Å². The number of aliphatic hydroxyl groups is 1. The molecule has 178 valence electrons. The number of nitrogens with one attached hydrogen (secondary N) is 2. The number of Topliss-reactive ketones (excluding diaryl/α,β-unsaturated/α-hetero) is 1. The van der Waals surface area contributed by atoms with E-state index in [9.17, 15) is 14.7 Å². The molecule has 0 aromatic heterocycles. The lowest BCUT2D eigenvalue weighted by Gasteiger charge is -2.28. The van der Waals surface area contributed by atoms with Crippen LogP contribution in [0.4, 0.5) is 11.4 Å². The third-order valence-electron chi connectivity index (χ3n) is 6.40. The first-order valence-corrected chi connectivity index (χ1v) is 11.7. The Morgan fingerprint density at radius 3 is 2.65 bits per heavy atom. The molecule has 0 spiro atoms. The van der Waals surface area contributed by atoms with Gasteiger partial charge in [0.25, 0.3) is 0 Å². The first kappa shape index (κ1) is 22.7. The highest BCUT2D eigenvalue weighted by Gasteiger charge is 2.24. The molecule has 3 aromatic carbocycles. The van der Waals surface area contributed by atoms with E-state index >= 15 is 0 Å². The molecule has 0 amide bonds. The number of nitrogens with zero attached hydrogens (tertiary/aromatic N) is 1. The topological polar surface area (TPSA) is 103 Å². The monoisotopic (exact) mass is 463 g/mol. The van der Waals surface area contributed by atoms with E-state index in [0.29, 0.717) is 56.7 Å². The Bertz CT molecular complexity index is 1200. The van der Waals surface area contributed by atoms with Crippen LogP contribution in [0.1, 0.15) is 10.4 Å². The highest BCUT2D eigenvalue weighted by molar-refractivity contribution is 6.41. The summed E-state index contributed by atoms with van der Waals surface area (Å²) in [7, 11) is 0. The Morgan fingerprint density at radius 1 is 1.12 bits per heavy atom. The van der Waals surface area contributed by atoms with Crippen molar-refractivity contribution in [2.45, 2.75) is 12.2 Å². The van der Waals surface area contributed by atoms with Gasteiger partial charge in [-0.2, -0.15) is 0 Å². The van der Waals surface area contributed by atoms with Gasteiger partial charge in [0.15, 0.2) is 6.29 Å². The minimum Gasteiger partial charge on any atom is -0.390 e. The number of aldehydes is 1. The molecule has 2 fully saturated rings. The van der Waals surface area contributed by atoms with Crippen molar-refractivity contribution in [3.8, 4) is 0 Å². The summed E-state index contributed by atoms with van der Waals surface area (Å²) in [6, 6.07) is 13.5. The predicted molar refractivity (Wildman–Crippen MR) is 132 cm³/mol. The van der Waals surface area contributed by atoms with Crippen LogP contribution >= 0.6 is 0 Å². The molecule has 8 nitrogen and oxygen atoms in total. The van der Waals surface area contributed by atoms with E-state index < -0.39 is 11.9 Å². The van der Waals surface area contributed by atoms with Crippen molar-refractivity contribution in [1.29, 1.82) is 0 Å². The van der Waals surface area contributed by atoms with E-state index in [1.807, 2.05) is 42.5 Å². The lowest BCUT2D eigenvalue weighted by atomic mass is 9.92. The number of carbonyl (C=O) groups is 2. The van der Waals surface area contributed by atoms with Crippen molar-refractivity contribution in [3.05, 3.63) is 48.0 Å². The summed E-state index contributed by atoms with van der Waals surface area (Å²) in [5, 5.41) is 20.5. The Kier molecular flexibility index (Phi) is 6.73. The second kappa shape index (κ2) is 10.1. The highest BCUT2D eigenvalue weighted by atomic mass is 16.6. The van der Waals surface area contributed by atoms with Crippen molar-refractivity contribution < 1.29 is 24.2 Å². The molecule has 3 N–H and O–H groups in total. The lowest BCUT2D eigenvalue weighted by molar-refractivity contribution is -0.104. The minimum atomic E-state index is -0.561. The number of morpholine rings is 1. The number of ketones is 1. The minimum absolute atomic E-state index is 0.161. The first-order valence-electron chi connectivity index (χ1n) is 11.7. The van der Waals surface area contributed by atoms with Gasteiger partial charge in [-0.15, -0.1) is 0 Å². The number of carbonyl (C=O) groups excluding carboxylic acids is 2. The maximum absolute atomic E-state index is 12.8. The molecule has 2 atom stereocenters. The molecule has 34 heavy (non-hydrogen) atoms. The van der Waals surface area contributed by atoms with Gasteiger partial charge in [0.05, 0.1) is 32.0 Å². The van der Waals surface area contributed by atoms with Gasteiger partial charge in [0, 0.05) is 60.4 Å². The largest absolute Gasteiger partial charge is 0.390 e. The molecule has 2 saturated heterocycles. The number of epoxide rings is 1. The van der Waals surface area contributed by atoms with Crippen LogP contribution in [0.5, 0.6) is 0 Å². The van der Waals surface area contributed by atoms with Crippen LogP contribution in [0.2, 0.25) is 0 Å². The number of β-amino-alcohol motifs (C(OH)–C–C–N with tert-alkyl or cyclic N) is 1. The van der Waals surface area contributed by atoms with Gasteiger partial charge in [-0.1, -0.05) is 24.3 Å². The predicted octanol–water partition coefficient (Wildman–Crippen LogP) is 2.29. The Balaban J connectivity index is 1.51. The van der Waals surface area contributed by atoms with Gasteiger partial charge in [0.2, 0.25) is 5.78 Å². The number of fused-ring (bicyclic) bond motifs is 2. The second-order valence-electron chi connectivity index (χ2n) is 8.82. The molecular weight excluding hydrogens is 434 g/mol. The number of hydrogen-bond acceptors (Lipinski definition) is 8. The van der Waals surface area contributed by atoms with Crippen LogP contribution in [-0.2, 0) is 14.3 Å². The van der Waals surface area contributed by atoms with Gasteiger partial charge < -0.3 is 25.2 Å². The molecule has 2 unspecified atom stereocenters. The second-order valence-corrected chi connectivity index (χ2v) is 8.82. The zero-order valence-electron chi connectivity index (χ0n) is 19.0. The molecule has 0 aliphatic carbocycles. The van der Waals surface area contributed by atoms with Gasteiger partial charge >= 0.3 is 0 Å². The molecule has 2 aliphatic rings. The van der Waals surface area contributed by atoms with E-state index in [-0.39, 0.29) is 6.10 Å². The van der Waals surface area contributed by atoms with Crippen LogP contribution in [0.25, 0.3) is 21.5 Å². The van der Waals surface area contributed by atoms with E-state index in [2.05, 4.69) is 15.5 Å². The normalized spacial score (nSPS) is 19.1. The number of benzene rings is 3. The zero-order chi connectivity index (χ0) is 23.5. The van der Waals surface area contributed by atoms with E-state index in [1.54, 1.807) is 0 Å². The highest BCUT2D eigenvalue weighted by Crippen LogP contribution is 2.38. The van der Waals surface area contributed by atoms with E-state index in [4.69, 9.17) is 9.47 Å². The average molecular weight is 464 g/mol. The molecule has 2 heterocycles. The maximum atomic E-state index is 12.8. The molecule has 2 aliphatic heterocycles. The van der Waals surface area contributed by atoms with Crippen LogP contribution in [0, 0.1) is 0 Å². The summed E-state index contributed by atoms with van der Waals surface area (Å²) in [5.74, 6) is -0.558. The summed E-state index contributed by atoms with van der Waals surface area (Å²) in [6.07, 6.45) is -0.0235. The van der Waals surface area contributed by atoms with Crippen molar-refractivity contribution in [3.63, 3.8) is 0 Å². The molecule has 0 saturated carbocycles. The number of rotatable bonds is 10. The van der Waals surface area contributed by atoms with Crippen LogP contribution in [-0.4, -0.2) is 86.8 Å². The summed E-state index contributed by atoms with van der Waals surface area (Å²) in [4.78, 5) is 26.7. The number of ether oxygens (including phenoxy) is 2. The number of aliphatic hydroxyl groups excluding tert-OH is 1. The first-order chi connectivity index (χ1) is 16.6. The van der Waals surface area contributed by atoms with Crippen molar-refractivity contribution >= 4 is 45.0 Å². The molecular formula is C26H29N3O5. The third-order valence-corrected chi connectivity index (χ3v) is 6.40. The third kappa shape index (κ3) is 4.90. The molecule has 0 radical (unpaired) electrons. The molecule has 5 rings (SSSR count). The van der Waals surface area contributed by atoms with Crippen molar-refractivity contribution in [1.82, 2.24) is 4.90 Å². The average Bonchev–Trinajstić information content (AvgIpc) is 3.70. The SMILES string of the molecule is O=CC(=O)c1c2ccccc2cc2c(NCC(O)CN3CCOCC3)ccc(NCC3CO3)c12. The Labute approximate surface area is 197 Å². The standard InChI is InChI=1S/C26H29N3O5/c30-15-24(32)26-20-4-2-1-3-17(20)11-21-22(5-6-23(25(21)26)28-13-19-16-34-19)27-12-18(31)14-29-7-9-33-10-8-29/h1-6,11,15,18-19,27-28,31H,7-10,12-14,16H2. The fourth-order valence-corrected chi connectivity index (χ4v) is 4.58. The quantitative estimate of drug-likeness (QED) is 0.138. The zero-order valence-corrected chi connectivity index (χ0v) is 19.0. The van der Waals surface area contributed by atoms with Gasteiger partial charge in [-0.25, -0.2) is 0 Å². The van der Waals surface area contributed by atoms with E-state index in [0.717, 1.165) is 40.6 Å². The van der Waals surface area contributed by atoms with Crippen LogP contribution in [0.3, 0.4) is 0 Å². The summed E-state index contributed by atoms with van der Waals surface area (Å²) >= 11 is 0. The molecule has 0 bridgehead atoms. The number of anilines is 2. The van der Waals surface area contributed by atoms with Gasteiger partial charge in [-0.05, 0) is 29.0 Å². The number of hydrogen-bond donors (Lipinski definition) is 3. The lowest BCUT2D eigenvalue weighted by Crippen LogP contribution is -2.42. The van der Waals surface area contributed by atoms with Crippen molar-refractivity contribution in [2.24, 2.45) is 0 Å². The summed E-state index contributed by atoms with van der Waals surface area (Å²) in [6.45, 7) is 5.27. The van der Waals surface area contributed by atoms with Crippen molar-refractivity contribution in [2.75, 3.05) is 63.2 Å². The summed E-state index contributed by atoms with van der Waals surface area (Å²) < 4.78 is 10.7.